The third-order valence-electron chi connectivity index (χ3n) is 4.77. The van der Waals surface area contributed by atoms with Crippen LogP contribution < -0.4 is 0 Å². The van der Waals surface area contributed by atoms with Gasteiger partial charge in [0.1, 0.15) is 11.4 Å². The summed E-state index contributed by atoms with van der Waals surface area (Å²) >= 11 is 0. The van der Waals surface area contributed by atoms with E-state index in [0.717, 1.165) is 16.6 Å². The van der Waals surface area contributed by atoms with E-state index >= 15 is 0 Å². The Bertz CT molecular complexity index is 1210. The van der Waals surface area contributed by atoms with Crippen molar-refractivity contribution in [1.82, 2.24) is 14.5 Å². The maximum Gasteiger partial charge on any atom is 0.342 e. The average molecular weight is 389 g/mol. The van der Waals surface area contributed by atoms with Crippen molar-refractivity contribution in [2.45, 2.75) is 20.8 Å². The summed E-state index contributed by atoms with van der Waals surface area (Å²) in [6.45, 7) is 5.72. The molecule has 0 fully saturated rings. The summed E-state index contributed by atoms with van der Waals surface area (Å²) in [6.07, 6.45) is 0. The number of carbonyl (C=O) groups is 1. The fourth-order valence-electron chi connectivity index (χ4n) is 3.48. The Morgan fingerprint density at radius 2 is 1.79 bits per heavy atom. The van der Waals surface area contributed by atoms with Gasteiger partial charge in [0.25, 0.3) is 0 Å². The number of aryl methyl sites for hydroxylation is 2. The molecule has 2 aromatic carbocycles. The van der Waals surface area contributed by atoms with Crippen molar-refractivity contribution in [2.75, 3.05) is 6.61 Å². The van der Waals surface area contributed by atoms with E-state index in [1.165, 1.54) is 12.1 Å². The molecule has 0 saturated heterocycles. The molecule has 0 N–H and O–H groups in total. The Hall–Kier alpha value is -3.54. The number of fused-ring (bicyclic) bond motifs is 1. The van der Waals surface area contributed by atoms with Crippen LogP contribution in [0.4, 0.5) is 4.39 Å². The summed E-state index contributed by atoms with van der Waals surface area (Å²) in [4.78, 5) is 21.9. The summed E-state index contributed by atoms with van der Waals surface area (Å²) < 4.78 is 20.6. The number of halogens is 1. The summed E-state index contributed by atoms with van der Waals surface area (Å²) in [5.74, 6) is -0.400. The summed E-state index contributed by atoms with van der Waals surface area (Å²) in [6, 6.07) is 15.9. The predicted molar refractivity (Wildman–Crippen MR) is 110 cm³/mol. The fourth-order valence-corrected chi connectivity index (χ4v) is 3.48. The zero-order chi connectivity index (χ0) is 20.5. The molecule has 0 radical (unpaired) electrons. The third kappa shape index (κ3) is 3.38. The average Bonchev–Trinajstić information content (AvgIpc) is 3.03. The molecule has 0 atom stereocenters. The number of benzene rings is 2. The monoisotopic (exact) mass is 389 g/mol. The lowest BCUT2D eigenvalue weighted by molar-refractivity contribution is 0.0525. The Labute approximate surface area is 167 Å². The zero-order valence-electron chi connectivity index (χ0n) is 16.4. The Morgan fingerprint density at radius 1 is 1.07 bits per heavy atom. The lowest BCUT2D eigenvalue weighted by Gasteiger charge is -2.14. The van der Waals surface area contributed by atoms with E-state index < -0.39 is 5.97 Å². The summed E-state index contributed by atoms with van der Waals surface area (Å²) in [5, 5.41) is 1.07. The first-order valence-corrected chi connectivity index (χ1v) is 9.38. The Morgan fingerprint density at radius 3 is 2.52 bits per heavy atom. The maximum atomic E-state index is 13.5. The number of rotatable bonds is 4. The minimum atomic E-state index is -0.495. The molecular formula is C23H20FN3O2. The molecule has 0 bridgehead atoms. The number of ether oxygens (including phenoxy) is 1. The lowest BCUT2D eigenvalue weighted by Crippen LogP contribution is -2.14. The number of hydrogen-bond acceptors (Lipinski definition) is 4. The second-order valence-electron chi connectivity index (χ2n) is 6.74. The van der Waals surface area contributed by atoms with Crippen molar-refractivity contribution in [1.29, 1.82) is 0 Å². The minimum absolute atomic E-state index is 0.240. The molecule has 6 heteroatoms. The molecule has 0 aliphatic rings. The van der Waals surface area contributed by atoms with Crippen molar-refractivity contribution in [3.8, 4) is 17.2 Å². The van der Waals surface area contributed by atoms with Crippen molar-refractivity contribution in [3.05, 3.63) is 77.4 Å². The topological polar surface area (TPSA) is 57.0 Å². The molecule has 0 amide bonds. The van der Waals surface area contributed by atoms with Gasteiger partial charge < -0.3 is 4.74 Å². The van der Waals surface area contributed by atoms with Crippen LogP contribution in [0.1, 0.15) is 28.7 Å². The highest BCUT2D eigenvalue weighted by Crippen LogP contribution is 2.28. The molecular weight excluding hydrogens is 369 g/mol. The van der Waals surface area contributed by atoms with Crippen molar-refractivity contribution in [2.24, 2.45) is 0 Å². The molecule has 146 valence electrons. The van der Waals surface area contributed by atoms with E-state index in [-0.39, 0.29) is 18.0 Å². The lowest BCUT2D eigenvalue weighted by atomic mass is 10.0. The Kier molecular flexibility index (Phi) is 4.84. The van der Waals surface area contributed by atoms with Gasteiger partial charge in [0.15, 0.2) is 0 Å². The van der Waals surface area contributed by atoms with Crippen LogP contribution in [0.3, 0.4) is 0 Å². The van der Waals surface area contributed by atoms with Crippen LogP contribution in [-0.2, 0) is 4.74 Å². The van der Waals surface area contributed by atoms with Crippen LogP contribution in [0.25, 0.3) is 28.1 Å². The molecule has 5 nitrogen and oxygen atoms in total. The molecule has 0 aliphatic carbocycles. The molecule has 4 aromatic rings. The predicted octanol–water partition coefficient (Wildman–Crippen LogP) is 5.02. The smallest absolute Gasteiger partial charge is 0.342 e. The molecule has 2 aromatic heterocycles. The quantitative estimate of drug-likeness (QED) is 0.460. The van der Waals surface area contributed by atoms with Gasteiger partial charge >= 0.3 is 5.97 Å². The molecule has 0 saturated carbocycles. The highest BCUT2D eigenvalue weighted by molar-refractivity contribution is 5.97. The van der Waals surface area contributed by atoms with Crippen LogP contribution in [0.2, 0.25) is 0 Å². The molecule has 0 spiro atoms. The normalized spacial score (nSPS) is 11.0. The van der Waals surface area contributed by atoms with E-state index in [9.17, 15) is 9.18 Å². The number of esters is 1. The minimum Gasteiger partial charge on any atom is -0.462 e. The van der Waals surface area contributed by atoms with Crippen LogP contribution in [0.5, 0.6) is 0 Å². The van der Waals surface area contributed by atoms with Gasteiger partial charge in [-0.2, -0.15) is 0 Å². The highest BCUT2D eigenvalue weighted by atomic mass is 19.1. The molecule has 0 aliphatic heterocycles. The van der Waals surface area contributed by atoms with Gasteiger partial charge in [-0.1, -0.05) is 18.2 Å². The van der Waals surface area contributed by atoms with Crippen LogP contribution in [-0.4, -0.2) is 27.1 Å². The SMILES string of the molecule is CCOC(=O)c1c(C)nc(-n2c(C)cc3ccccc32)nc1-c1ccc(F)cc1. The second kappa shape index (κ2) is 7.47. The van der Waals surface area contributed by atoms with Crippen molar-refractivity contribution >= 4 is 16.9 Å². The first-order valence-electron chi connectivity index (χ1n) is 9.38. The van der Waals surface area contributed by atoms with Gasteiger partial charge in [0.05, 0.1) is 23.5 Å². The van der Waals surface area contributed by atoms with E-state index in [1.54, 1.807) is 26.0 Å². The Balaban J connectivity index is 1.99. The zero-order valence-corrected chi connectivity index (χ0v) is 16.4. The third-order valence-corrected chi connectivity index (χ3v) is 4.77. The van der Waals surface area contributed by atoms with E-state index in [4.69, 9.17) is 9.72 Å². The second-order valence-corrected chi connectivity index (χ2v) is 6.74. The van der Waals surface area contributed by atoms with Gasteiger partial charge in [-0.25, -0.2) is 19.2 Å². The fraction of sp³-hybridized carbons (Fsp3) is 0.174. The molecule has 0 unspecified atom stereocenters. The summed E-state index contributed by atoms with van der Waals surface area (Å²) in [7, 11) is 0. The van der Waals surface area contributed by atoms with E-state index in [1.807, 2.05) is 35.8 Å². The van der Waals surface area contributed by atoms with Gasteiger partial charge in [0.2, 0.25) is 5.95 Å². The van der Waals surface area contributed by atoms with Crippen molar-refractivity contribution in [3.63, 3.8) is 0 Å². The number of carbonyl (C=O) groups excluding carboxylic acids is 1. The largest absolute Gasteiger partial charge is 0.462 e. The number of para-hydroxylation sites is 1. The van der Waals surface area contributed by atoms with E-state index in [0.29, 0.717) is 22.9 Å². The highest BCUT2D eigenvalue weighted by Gasteiger charge is 2.22. The van der Waals surface area contributed by atoms with Crippen LogP contribution in [0.15, 0.2) is 54.6 Å². The molecule has 2 heterocycles. The number of nitrogens with zero attached hydrogens (tertiary/aromatic N) is 3. The van der Waals surface area contributed by atoms with Crippen LogP contribution >= 0.6 is 0 Å². The standard InChI is InChI=1S/C23H20FN3O2/c1-4-29-22(28)20-15(3)25-23(26-21(20)16-9-11-18(24)12-10-16)27-14(2)13-17-7-5-6-8-19(17)27/h5-13H,4H2,1-3H3. The first kappa shape index (κ1) is 18.8. The number of hydrogen-bond donors (Lipinski definition) is 0. The van der Waals surface area contributed by atoms with Gasteiger partial charge in [-0.15, -0.1) is 0 Å². The van der Waals surface area contributed by atoms with Crippen molar-refractivity contribution < 1.29 is 13.9 Å². The van der Waals surface area contributed by atoms with Crippen LogP contribution in [0, 0.1) is 19.7 Å². The first-order chi connectivity index (χ1) is 14.0. The summed E-state index contributed by atoms with van der Waals surface area (Å²) in [5.41, 5.74) is 3.78. The molecule has 4 rings (SSSR count). The van der Waals surface area contributed by atoms with E-state index in [2.05, 4.69) is 11.1 Å². The number of aromatic nitrogens is 3. The molecule has 29 heavy (non-hydrogen) atoms. The maximum absolute atomic E-state index is 13.5. The van der Waals surface area contributed by atoms with Gasteiger partial charge in [0, 0.05) is 16.6 Å². The van der Waals surface area contributed by atoms with Gasteiger partial charge in [-0.3, -0.25) is 4.57 Å². The van der Waals surface area contributed by atoms with Gasteiger partial charge in [-0.05, 0) is 57.2 Å².